The van der Waals surface area contributed by atoms with Crippen LogP contribution in [-0.2, 0) is 12.0 Å². The molecule has 0 radical (unpaired) electrons. The molecule has 0 unspecified atom stereocenters. The lowest BCUT2D eigenvalue weighted by molar-refractivity contribution is 0.0697. The second-order valence-corrected chi connectivity index (χ2v) is 6.20. The molecule has 20 heavy (non-hydrogen) atoms. The summed E-state index contributed by atoms with van der Waals surface area (Å²) in [6.07, 6.45) is 2.21. The second kappa shape index (κ2) is 5.27. The molecule has 4 nitrogen and oxygen atoms in total. The van der Waals surface area contributed by atoms with E-state index in [1.54, 1.807) is 12.1 Å². The van der Waals surface area contributed by atoms with Crippen molar-refractivity contribution in [3.63, 3.8) is 0 Å². The standard InChI is InChI=1S/C16H22N2O2/c1-5-6-9-18-13-8-7-11(14(19)20)10-12(13)17-15(18)16(2,3)4/h7-8,10H,5-6,9H2,1-4H3,(H,19,20). The minimum Gasteiger partial charge on any atom is -0.478 e. The van der Waals surface area contributed by atoms with Gasteiger partial charge in [-0.2, -0.15) is 0 Å². The Kier molecular flexibility index (Phi) is 3.84. The maximum absolute atomic E-state index is 11.1. The van der Waals surface area contributed by atoms with E-state index in [0.29, 0.717) is 0 Å². The number of carbonyl (C=O) groups is 1. The summed E-state index contributed by atoms with van der Waals surface area (Å²) in [6.45, 7) is 9.49. The summed E-state index contributed by atoms with van der Waals surface area (Å²) in [5, 5.41) is 9.09. The smallest absolute Gasteiger partial charge is 0.335 e. The van der Waals surface area contributed by atoms with Gasteiger partial charge in [0, 0.05) is 12.0 Å². The van der Waals surface area contributed by atoms with Crippen LogP contribution in [-0.4, -0.2) is 20.6 Å². The number of fused-ring (bicyclic) bond motifs is 1. The van der Waals surface area contributed by atoms with Crippen LogP contribution in [0.5, 0.6) is 0 Å². The van der Waals surface area contributed by atoms with Crippen molar-refractivity contribution in [3.8, 4) is 0 Å². The first-order chi connectivity index (χ1) is 9.34. The molecule has 108 valence electrons. The second-order valence-electron chi connectivity index (χ2n) is 6.20. The molecule has 0 atom stereocenters. The predicted molar refractivity (Wildman–Crippen MR) is 80.3 cm³/mol. The Morgan fingerprint density at radius 1 is 1.35 bits per heavy atom. The van der Waals surface area contributed by atoms with Gasteiger partial charge in [0.05, 0.1) is 16.6 Å². The topological polar surface area (TPSA) is 55.1 Å². The molecular weight excluding hydrogens is 252 g/mol. The molecule has 1 aromatic carbocycles. The minimum atomic E-state index is -0.910. The molecule has 1 heterocycles. The number of aromatic carboxylic acids is 1. The number of aryl methyl sites for hydroxylation is 1. The molecule has 2 aromatic rings. The lowest BCUT2D eigenvalue weighted by Crippen LogP contribution is -2.19. The van der Waals surface area contributed by atoms with Crippen molar-refractivity contribution in [2.45, 2.75) is 52.5 Å². The number of hydrogen-bond donors (Lipinski definition) is 1. The number of nitrogens with zero attached hydrogens (tertiary/aromatic N) is 2. The summed E-state index contributed by atoms with van der Waals surface area (Å²) in [4.78, 5) is 15.8. The number of carboxylic acid groups (broad SMARTS) is 1. The third kappa shape index (κ3) is 2.69. The Balaban J connectivity index is 2.62. The zero-order valence-corrected chi connectivity index (χ0v) is 12.6. The Labute approximate surface area is 119 Å². The van der Waals surface area contributed by atoms with E-state index < -0.39 is 5.97 Å². The number of imidazole rings is 1. The first kappa shape index (κ1) is 14.6. The Bertz CT molecular complexity index is 636. The summed E-state index contributed by atoms with van der Waals surface area (Å²) in [7, 11) is 0. The molecule has 0 saturated carbocycles. The molecule has 0 bridgehead atoms. The van der Waals surface area contributed by atoms with Crippen molar-refractivity contribution in [2.24, 2.45) is 0 Å². The fourth-order valence-corrected chi connectivity index (χ4v) is 2.38. The molecule has 0 fully saturated rings. The fraction of sp³-hybridized carbons (Fsp3) is 0.500. The van der Waals surface area contributed by atoms with E-state index in [1.807, 2.05) is 6.07 Å². The zero-order valence-electron chi connectivity index (χ0n) is 12.6. The van der Waals surface area contributed by atoms with E-state index >= 15 is 0 Å². The van der Waals surface area contributed by atoms with E-state index in [1.165, 1.54) is 0 Å². The monoisotopic (exact) mass is 274 g/mol. The molecule has 1 N–H and O–H groups in total. The summed E-state index contributed by atoms with van der Waals surface area (Å²) in [5.41, 5.74) is 2.02. The quantitative estimate of drug-likeness (QED) is 0.921. The predicted octanol–water partition coefficient (Wildman–Crippen LogP) is 3.83. The third-order valence-electron chi connectivity index (χ3n) is 3.40. The van der Waals surface area contributed by atoms with Gasteiger partial charge in [-0.05, 0) is 24.6 Å². The van der Waals surface area contributed by atoms with E-state index in [2.05, 4.69) is 37.2 Å². The van der Waals surface area contributed by atoms with E-state index in [4.69, 9.17) is 5.11 Å². The number of benzene rings is 1. The van der Waals surface area contributed by atoms with Gasteiger partial charge in [0.25, 0.3) is 0 Å². The van der Waals surface area contributed by atoms with Crippen LogP contribution in [0.15, 0.2) is 18.2 Å². The van der Waals surface area contributed by atoms with Gasteiger partial charge in [-0.1, -0.05) is 34.1 Å². The van der Waals surface area contributed by atoms with Crippen LogP contribution in [0.2, 0.25) is 0 Å². The van der Waals surface area contributed by atoms with E-state index in [0.717, 1.165) is 36.2 Å². The third-order valence-corrected chi connectivity index (χ3v) is 3.40. The van der Waals surface area contributed by atoms with Gasteiger partial charge in [0.1, 0.15) is 5.82 Å². The van der Waals surface area contributed by atoms with Gasteiger partial charge in [-0.15, -0.1) is 0 Å². The Hall–Kier alpha value is -1.84. The number of unbranched alkanes of at least 4 members (excludes halogenated alkanes) is 1. The Morgan fingerprint density at radius 3 is 2.60 bits per heavy atom. The van der Waals surface area contributed by atoms with Crippen LogP contribution < -0.4 is 0 Å². The van der Waals surface area contributed by atoms with Crippen molar-refractivity contribution >= 4 is 17.0 Å². The number of hydrogen-bond acceptors (Lipinski definition) is 2. The van der Waals surface area contributed by atoms with Gasteiger partial charge in [-0.3, -0.25) is 0 Å². The first-order valence-corrected chi connectivity index (χ1v) is 7.08. The molecule has 2 rings (SSSR count). The van der Waals surface area contributed by atoms with Crippen LogP contribution >= 0.6 is 0 Å². The number of aromatic nitrogens is 2. The molecule has 0 aliphatic rings. The van der Waals surface area contributed by atoms with Crippen molar-refractivity contribution in [1.29, 1.82) is 0 Å². The SMILES string of the molecule is CCCCn1c(C(C)(C)C)nc2cc(C(=O)O)ccc21. The maximum atomic E-state index is 11.1. The molecule has 0 saturated heterocycles. The summed E-state index contributed by atoms with van der Waals surface area (Å²) >= 11 is 0. The molecule has 0 aliphatic heterocycles. The first-order valence-electron chi connectivity index (χ1n) is 7.08. The van der Waals surface area contributed by atoms with Crippen LogP contribution in [0.3, 0.4) is 0 Å². The Morgan fingerprint density at radius 2 is 2.05 bits per heavy atom. The normalized spacial score (nSPS) is 12.0. The summed E-state index contributed by atoms with van der Waals surface area (Å²) in [5.74, 6) is 0.107. The van der Waals surface area contributed by atoms with E-state index in [9.17, 15) is 4.79 Å². The summed E-state index contributed by atoms with van der Waals surface area (Å²) in [6, 6.07) is 5.19. The molecule has 0 amide bonds. The highest BCUT2D eigenvalue weighted by Gasteiger charge is 2.23. The van der Waals surface area contributed by atoms with Gasteiger partial charge in [-0.25, -0.2) is 9.78 Å². The average molecular weight is 274 g/mol. The average Bonchev–Trinajstić information content (AvgIpc) is 2.73. The van der Waals surface area contributed by atoms with Crippen LogP contribution in [0, 0.1) is 0 Å². The molecule has 0 spiro atoms. The highest BCUT2D eigenvalue weighted by molar-refractivity contribution is 5.92. The maximum Gasteiger partial charge on any atom is 0.335 e. The van der Waals surface area contributed by atoms with Crippen LogP contribution in [0.4, 0.5) is 0 Å². The van der Waals surface area contributed by atoms with Gasteiger partial charge in [0.2, 0.25) is 0 Å². The minimum absolute atomic E-state index is 0.0594. The van der Waals surface area contributed by atoms with E-state index in [-0.39, 0.29) is 11.0 Å². The summed E-state index contributed by atoms with van der Waals surface area (Å²) < 4.78 is 2.23. The van der Waals surface area contributed by atoms with Crippen molar-refractivity contribution in [3.05, 3.63) is 29.6 Å². The van der Waals surface area contributed by atoms with Crippen LogP contribution in [0.25, 0.3) is 11.0 Å². The molecule has 0 aliphatic carbocycles. The van der Waals surface area contributed by atoms with Gasteiger partial charge in [0.15, 0.2) is 0 Å². The highest BCUT2D eigenvalue weighted by Crippen LogP contribution is 2.27. The number of carboxylic acids is 1. The molecule has 1 aromatic heterocycles. The zero-order chi connectivity index (χ0) is 14.9. The van der Waals surface area contributed by atoms with Gasteiger partial charge >= 0.3 is 5.97 Å². The molecule has 4 heteroatoms. The van der Waals surface area contributed by atoms with Crippen molar-refractivity contribution in [2.75, 3.05) is 0 Å². The molecular formula is C16H22N2O2. The largest absolute Gasteiger partial charge is 0.478 e. The van der Waals surface area contributed by atoms with Crippen molar-refractivity contribution < 1.29 is 9.90 Å². The van der Waals surface area contributed by atoms with Crippen LogP contribution in [0.1, 0.15) is 56.7 Å². The number of rotatable bonds is 4. The van der Waals surface area contributed by atoms with Crippen molar-refractivity contribution in [1.82, 2.24) is 9.55 Å². The lowest BCUT2D eigenvalue weighted by Gasteiger charge is -2.20. The lowest BCUT2D eigenvalue weighted by atomic mass is 9.95. The fourth-order valence-electron chi connectivity index (χ4n) is 2.38. The highest BCUT2D eigenvalue weighted by atomic mass is 16.4. The van der Waals surface area contributed by atoms with Gasteiger partial charge < -0.3 is 9.67 Å².